The van der Waals surface area contributed by atoms with Crippen LogP contribution in [-0.4, -0.2) is 34.5 Å². The van der Waals surface area contributed by atoms with Crippen LogP contribution in [-0.2, 0) is 14.3 Å². The Morgan fingerprint density at radius 3 is 2.18 bits per heavy atom. The lowest BCUT2D eigenvalue weighted by atomic mass is 9.95. The smallest absolute Gasteiger partial charge is 0.259 e. The lowest BCUT2D eigenvalue weighted by molar-refractivity contribution is -0.174. The Balaban J connectivity index is 1.99. The Labute approximate surface area is 99.3 Å². The van der Waals surface area contributed by atoms with E-state index in [1.165, 1.54) is 4.90 Å². The van der Waals surface area contributed by atoms with E-state index >= 15 is 0 Å². The molecule has 2 atom stereocenters. The number of amides is 2. The van der Waals surface area contributed by atoms with Gasteiger partial charge in [-0.1, -0.05) is 0 Å². The molecule has 2 bridgehead atoms. The van der Waals surface area contributed by atoms with Gasteiger partial charge in [0.15, 0.2) is 0 Å². The molecule has 2 unspecified atom stereocenters. The third kappa shape index (κ3) is 1.34. The van der Waals surface area contributed by atoms with Crippen molar-refractivity contribution >= 4 is 11.8 Å². The van der Waals surface area contributed by atoms with Gasteiger partial charge in [-0.05, 0) is 38.5 Å². The molecule has 3 aliphatic rings. The number of nitriles is 1. The number of hydrogen-bond acceptors (Lipinski definition) is 4. The van der Waals surface area contributed by atoms with Crippen LogP contribution < -0.4 is 0 Å². The van der Waals surface area contributed by atoms with Crippen LogP contribution in [0.2, 0.25) is 0 Å². The summed E-state index contributed by atoms with van der Waals surface area (Å²) in [5.74, 6) is -0.598. The molecule has 90 valence electrons. The van der Waals surface area contributed by atoms with Crippen molar-refractivity contribution in [2.24, 2.45) is 0 Å². The van der Waals surface area contributed by atoms with Crippen molar-refractivity contribution in [3.05, 3.63) is 0 Å². The maximum absolute atomic E-state index is 12.2. The zero-order valence-corrected chi connectivity index (χ0v) is 9.52. The van der Waals surface area contributed by atoms with Crippen molar-refractivity contribution < 1.29 is 14.3 Å². The van der Waals surface area contributed by atoms with E-state index in [9.17, 15) is 14.9 Å². The first-order valence-corrected chi connectivity index (χ1v) is 6.13. The lowest BCUT2D eigenvalue weighted by Crippen LogP contribution is -2.60. The van der Waals surface area contributed by atoms with E-state index < -0.39 is 17.7 Å². The number of carbonyl (C=O) groups is 2. The predicted molar refractivity (Wildman–Crippen MR) is 56.6 cm³/mol. The molecule has 2 saturated heterocycles. The highest BCUT2D eigenvalue weighted by Crippen LogP contribution is 2.40. The van der Waals surface area contributed by atoms with Crippen molar-refractivity contribution in [1.82, 2.24) is 4.90 Å². The molecule has 0 radical (unpaired) electrons. The van der Waals surface area contributed by atoms with Crippen LogP contribution in [0.5, 0.6) is 0 Å². The second-order valence-electron chi connectivity index (χ2n) is 5.05. The molecule has 1 aliphatic carbocycles. The van der Waals surface area contributed by atoms with Gasteiger partial charge in [0.25, 0.3) is 11.8 Å². The van der Waals surface area contributed by atoms with Crippen molar-refractivity contribution in [3.63, 3.8) is 0 Å². The summed E-state index contributed by atoms with van der Waals surface area (Å²) in [4.78, 5) is 25.6. The van der Waals surface area contributed by atoms with Crippen molar-refractivity contribution in [2.75, 3.05) is 0 Å². The van der Waals surface area contributed by atoms with Crippen LogP contribution in [0.1, 0.15) is 38.5 Å². The summed E-state index contributed by atoms with van der Waals surface area (Å²) in [5, 5.41) is 9.36. The molecule has 5 nitrogen and oxygen atoms in total. The molecule has 0 aromatic carbocycles. The van der Waals surface area contributed by atoms with Crippen LogP contribution in [0.25, 0.3) is 0 Å². The van der Waals surface area contributed by atoms with Gasteiger partial charge < -0.3 is 4.74 Å². The largest absolute Gasteiger partial charge is 0.355 e. The summed E-state index contributed by atoms with van der Waals surface area (Å²) in [5.41, 5.74) is -0.890. The Morgan fingerprint density at radius 1 is 1.18 bits per heavy atom. The van der Waals surface area contributed by atoms with Gasteiger partial charge >= 0.3 is 0 Å². The number of carbonyl (C=O) groups excluding carboxylic acids is 2. The second-order valence-corrected chi connectivity index (χ2v) is 5.05. The van der Waals surface area contributed by atoms with Gasteiger partial charge in [0.05, 0.1) is 6.07 Å². The molecule has 1 saturated carbocycles. The maximum Gasteiger partial charge on any atom is 0.259 e. The summed E-state index contributed by atoms with van der Waals surface area (Å²) in [7, 11) is 0. The summed E-state index contributed by atoms with van der Waals surface area (Å²) in [6.45, 7) is 0. The molecule has 0 aromatic heterocycles. The average Bonchev–Trinajstić information content (AvgIpc) is 2.96. The Bertz CT molecular complexity index is 398. The summed E-state index contributed by atoms with van der Waals surface area (Å²) >= 11 is 0. The Kier molecular flexibility index (Phi) is 2.23. The van der Waals surface area contributed by atoms with Gasteiger partial charge in [0.2, 0.25) is 0 Å². The van der Waals surface area contributed by atoms with Crippen molar-refractivity contribution in [2.45, 2.75) is 56.3 Å². The Hall–Kier alpha value is -1.41. The number of nitrogens with zero attached hydrogens (tertiary/aromatic N) is 2. The minimum Gasteiger partial charge on any atom is -0.355 e. The molecule has 0 spiro atoms. The molecular weight excluding hydrogens is 220 g/mol. The first kappa shape index (κ1) is 10.7. The predicted octanol–water partition coefficient (Wildman–Crippen LogP) is 0.739. The normalized spacial score (nSPS) is 35.1. The van der Waals surface area contributed by atoms with E-state index in [4.69, 9.17) is 4.74 Å². The zero-order valence-electron chi connectivity index (χ0n) is 9.52. The SMILES string of the molecule is N#CC1(N2C(=O)C3CCC(O3)C2=O)CCCC1. The van der Waals surface area contributed by atoms with Gasteiger partial charge in [-0.2, -0.15) is 5.26 Å². The van der Waals surface area contributed by atoms with Crippen LogP contribution in [0.15, 0.2) is 0 Å². The summed E-state index contributed by atoms with van der Waals surface area (Å²) in [6, 6.07) is 2.21. The summed E-state index contributed by atoms with van der Waals surface area (Å²) in [6.07, 6.45) is 3.25. The van der Waals surface area contributed by atoms with Crippen molar-refractivity contribution in [1.29, 1.82) is 5.26 Å². The zero-order chi connectivity index (χ0) is 12.0. The number of hydrogen-bond donors (Lipinski definition) is 0. The van der Waals surface area contributed by atoms with Gasteiger partial charge in [-0.15, -0.1) is 0 Å². The Morgan fingerprint density at radius 2 is 1.71 bits per heavy atom. The van der Waals surface area contributed by atoms with Crippen LogP contribution in [0.3, 0.4) is 0 Å². The minimum absolute atomic E-state index is 0.299. The second kappa shape index (κ2) is 3.54. The molecule has 2 aliphatic heterocycles. The monoisotopic (exact) mass is 234 g/mol. The molecule has 0 N–H and O–H groups in total. The number of fused-ring (bicyclic) bond motifs is 2. The third-order valence-corrected chi connectivity index (χ3v) is 4.08. The quantitative estimate of drug-likeness (QED) is 0.627. The number of ether oxygens (including phenoxy) is 1. The fourth-order valence-corrected chi connectivity index (χ4v) is 3.16. The highest BCUT2D eigenvalue weighted by Gasteiger charge is 2.55. The average molecular weight is 234 g/mol. The van der Waals surface area contributed by atoms with Crippen LogP contribution >= 0.6 is 0 Å². The van der Waals surface area contributed by atoms with Crippen molar-refractivity contribution in [3.8, 4) is 6.07 Å². The lowest BCUT2D eigenvalue weighted by Gasteiger charge is -2.39. The van der Waals surface area contributed by atoms with E-state index in [0.29, 0.717) is 25.7 Å². The van der Waals surface area contributed by atoms with E-state index in [-0.39, 0.29) is 11.8 Å². The molecule has 5 heteroatoms. The van der Waals surface area contributed by atoms with Gasteiger partial charge in [-0.3, -0.25) is 14.5 Å². The minimum atomic E-state index is -0.890. The highest BCUT2D eigenvalue weighted by atomic mass is 16.5. The molecule has 3 fully saturated rings. The third-order valence-electron chi connectivity index (χ3n) is 4.08. The van der Waals surface area contributed by atoms with E-state index in [2.05, 4.69) is 6.07 Å². The van der Waals surface area contributed by atoms with Gasteiger partial charge in [0.1, 0.15) is 17.7 Å². The first-order valence-electron chi connectivity index (χ1n) is 6.13. The van der Waals surface area contributed by atoms with E-state index in [1.54, 1.807) is 0 Å². The topological polar surface area (TPSA) is 70.4 Å². The van der Waals surface area contributed by atoms with E-state index in [0.717, 1.165) is 12.8 Å². The molecule has 3 rings (SSSR count). The highest BCUT2D eigenvalue weighted by molar-refractivity contribution is 6.03. The number of rotatable bonds is 1. The molecule has 2 amide bonds. The maximum atomic E-state index is 12.2. The van der Waals surface area contributed by atoms with Gasteiger partial charge in [0, 0.05) is 0 Å². The first-order chi connectivity index (χ1) is 8.18. The molecular formula is C12H14N2O3. The fourth-order valence-electron chi connectivity index (χ4n) is 3.16. The molecule has 17 heavy (non-hydrogen) atoms. The number of morpholine rings is 1. The molecule has 2 heterocycles. The fraction of sp³-hybridized carbons (Fsp3) is 0.750. The van der Waals surface area contributed by atoms with Crippen LogP contribution in [0.4, 0.5) is 0 Å². The van der Waals surface area contributed by atoms with E-state index in [1.807, 2.05) is 0 Å². The summed E-state index contributed by atoms with van der Waals surface area (Å²) < 4.78 is 5.35. The van der Waals surface area contributed by atoms with Gasteiger partial charge in [-0.25, -0.2) is 0 Å². The van der Waals surface area contributed by atoms with Crippen LogP contribution in [0, 0.1) is 11.3 Å². The molecule has 0 aromatic rings. The standard InChI is InChI=1S/C12H14N2O3/c13-7-12(5-1-2-6-12)14-10(15)8-3-4-9(17-8)11(14)16/h8-9H,1-6H2. The number of imide groups is 1. The number of likely N-dealkylation sites (tertiary alicyclic amines) is 1.